The first-order valence-electron chi connectivity index (χ1n) is 12.3. The quantitative estimate of drug-likeness (QED) is 0.256. The van der Waals surface area contributed by atoms with Crippen molar-refractivity contribution in [2.24, 2.45) is 15.8 Å². The second-order valence-corrected chi connectivity index (χ2v) is 9.84. The van der Waals surface area contributed by atoms with E-state index in [1.807, 2.05) is 12.1 Å². The molecule has 0 atom stereocenters. The lowest BCUT2D eigenvalue weighted by atomic mass is 10.1. The molecule has 4 N–H and O–H groups in total. The minimum atomic E-state index is -0.558. The van der Waals surface area contributed by atoms with E-state index < -0.39 is 5.91 Å². The Balaban J connectivity index is 1.60. The Bertz CT molecular complexity index is 1320. The maximum Gasteiger partial charge on any atom is 0.288 e. The number of halogens is 2. The minimum absolute atomic E-state index is 0.0412. The van der Waals surface area contributed by atoms with E-state index in [-0.39, 0.29) is 24.8 Å². The maximum atomic E-state index is 13.6. The monoisotopic (exact) mass is 551 g/mol. The van der Waals surface area contributed by atoms with Crippen molar-refractivity contribution in [3.8, 4) is 0 Å². The number of anilines is 2. The normalized spacial score (nSPS) is 13.7. The Kier molecular flexibility index (Phi) is 9.10. The number of benzene rings is 3. The number of guanidine groups is 1. The summed E-state index contributed by atoms with van der Waals surface area (Å²) in [5.41, 5.74) is 14.1. The van der Waals surface area contributed by atoms with Crippen LogP contribution in [0.1, 0.15) is 40.7 Å². The van der Waals surface area contributed by atoms with Crippen LogP contribution in [-0.4, -0.2) is 30.9 Å². The number of amides is 2. The van der Waals surface area contributed by atoms with E-state index in [1.165, 1.54) is 19.3 Å². The summed E-state index contributed by atoms with van der Waals surface area (Å²) in [7, 11) is 0. The number of hydrogen-bond donors (Lipinski definition) is 2. The largest absolute Gasteiger partial charge is 0.372 e. The molecule has 0 aromatic heterocycles. The summed E-state index contributed by atoms with van der Waals surface area (Å²) in [6, 6.07) is 20.0. The standard InChI is InChI=1S/C28H28Cl2N6O2/c29-24-5-4-6-25(30)23(24)17-26(37)36(22-13-11-21(12-14-22)35-15-2-1-3-16-35)18-19-7-9-20(10-8-19)27(38)33-28(31)34-32/h4-14,32H,1-3,15-18H2,(H2,31,33,38)/p+1. The van der Waals surface area contributed by atoms with Gasteiger partial charge in [-0.1, -0.05) is 41.4 Å². The molecule has 3 aromatic rings. The second-order valence-electron chi connectivity index (χ2n) is 9.02. The second kappa shape index (κ2) is 12.7. The van der Waals surface area contributed by atoms with Crippen molar-refractivity contribution in [2.75, 3.05) is 22.9 Å². The molecule has 0 aliphatic carbocycles. The highest BCUT2D eigenvalue weighted by Crippen LogP contribution is 2.28. The van der Waals surface area contributed by atoms with Gasteiger partial charge in [-0.3, -0.25) is 9.59 Å². The fourth-order valence-corrected chi connectivity index (χ4v) is 4.93. The lowest BCUT2D eigenvalue weighted by molar-refractivity contribution is -0.207. The van der Waals surface area contributed by atoms with Gasteiger partial charge in [0.2, 0.25) is 5.91 Å². The molecule has 0 unspecified atom stereocenters. The molecule has 0 bridgehead atoms. The van der Waals surface area contributed by atoms with Gasteiger partial charge in [0, 0.05) is 45.2 Å². The smallest absolute Gasteiger partial charge is 0.288 e. The van der Waals surface area contributed by atoms with E-state index in [1.54, 1.807) is 47.4 Å². The third-order valence-electron chi connectivity index (χ3n) is 6.46. The molecule has 38 heavy (non-hydrogen) atoms. The number of carbonyl (C=O) groups is 2. The van der Waals surface area contributed by atoms with Crippen molar-refractivity contribution >= 4 is 52.4 Å². The van der Waals surface area contributed by atoms with Gasteiger partial charge in [0.15, 0.2) is 0 Å². The molecule has 196 valence electrons. The van der Waals surface area contributed by atoms with E-state index in [0.717, 1.165) is 30.0 Å². The van der Waals surface area contributed by atoms with Crippen molar-refractivity contribution in [1.82, 2.24) is 0 Å². The van der Waals surface area contributed by atoms with Gasteiger partial charge in [-0.05, 0) is 78.9 Å². The summed E-state index contributed by atoms with van der Waals surface area (Å²) in [5, 5.41) is 4.07. The summed E-state index contributed by atoms with van der Waals surface area (Å²) >= 11 is 12.7. The Labute approximate surface area is 231 Å². The number of aliphatic imine (C=N–C) groups is 1. The van der Waals surface area contributed by atoms with Gasteiger partial charge < -0.3 is 15.5 Å². The first-order chi connectivity index (χ1) is 18.4. The fraction of sp³-hybridized carbons (Fsp3) is 0.250. The molecular formula is C28H29Cl2N6O2+. The highest BCUT2D eigenvalue weighted by molar-refractivity contribution is 6.36. The van der Waals surface area contributed by atoms with Crippen molar-refractivity contribution in [3.63, 3.8) is 0 Å². The van der Waals surface area contributed by atoms with Crippen LogP contribution in [0.25, 0.3) is 0 Å². The topological polar surface area (TPSA) is 117 Å². The predicted molar refractivity (Wildman–Crippen MR) is 151 cm³/mol. The number of hydrogen-bond acceptors (Lipinski definition) is 3. The number of nitrogens with zero attached hydrogens (tertiary/aromatic N) is 4. The number of rotatable bonds is 7. The van der Waals surface area contributed by atoms with E-state index in [0.29, 0.717) is 21.2 Å². The van der Waals surface area contributed by atoms with Crippen LogP contribution in [-0.2, 0) is 17.8 Å². The Morgan fingerprint density at radius 2 is 1.55 bits per heavy atom. The van der Waals surface area contributed by atoms with Crippen LogP contribution in [0, 0.1) is 0 Å². The van der Waals surface area contributed by atoms with E-state index in [2.05, 4.69) is 27.1 Å². The zero-order valence-corrected chi connectivity index (χ0v) is 22.3. The molecule has 1 heterocycles. The van der Waals surface area contributed by atoms with Gasteiger partial charge in [-0.15, -0.1) is 5.53 Å². The highest BCUT2D eigenvalue weighted by Gasteiger charge is 2.21. The Morgan fingerprint density at radius 1 is 0.921 bits per heavy atom. The van der Waals surface area contributed by atoms with E-state index >= 15 is 0 Å². The molecule has 1 aliphatic heterocycles. The zero-order chi connectivity index (χ0) is 27.1. The van der Waals surface area contributed by atoms with Gasteiger partial charge >= 0.3 is 0 Å². The molecule has 1 saturated heterocycles. The van der Waals surface area contributed by atoms with Gasteiger partial charge in [0.25, 0.3) is 11.9 Å². The molecule has 8 nitrogen and oxygen atoms in total. The summed E-state index contributed by atoms with van der Waals surface area (Å²) < 4.78 is 0. The minimum Gasteiger partial charge on any atom is -0.372 e. The lowest BCUT2D eigenvalue weighted by Crippen LogP contribution is -2.32. The molecular weight excluding hydrogens is 523 g/mol. The molecule has 0 radical (unpaired) electrons. The maximum absolute atomic E-state index is 13.6. The molecule has 3 aromatic carbocycles. The van der Waals surface area contributed by atoms with Gasteiger partial charge in [-0.2, -0.15) is 4.99 Å². The average Bonchev–Trinajstić information content (AvgIpc) is 2.94. The third-order valence-corrected chi connectivity index (χ3v) is 7.17. The van der Waals surface area contributed by atoms with Crippen LogP contribution in [0.15, 0.2) is 76.8 Å². The third kappa shape index (κ3) is 6.76. The van der Waals surface area contributed by atoms with Crippen LogP contribution in [0.3, 0.4) is 0 Å². The Hall–Kier alpha value is -3.75. The molecule has 0 saturated carbocycles. The van der Waals surface area contributed by atoms with Crippen LogP contribution < -0.4 is 21.1 Å². The first kappa shape index (κ1) is 27.3. The van der Waals surface area contributed by atoms with E-state index in [4.69, 9.17) is 34.5 Å². The molecule has 10 heteroatoms. The van der Waals surface area contributed by atoms with Crippen molar-refractivity contribution in [2.45, 2.75) is 32.2 Å². The van der Waals surface area contributed by atoms with Crippen molar-refractivity contribution in [3.05, 3.63) is 93.5 Å². The fourth-order valence-electron chi connectivity index (χ4n) is 4.40. The molecule has 2 amide bonds. The van der Waals surface area contributed by atoms with Crippen LogP contribution in [0.4, 0.5) is 11.4 Å². The van der Waals surface area contributed by atoms with Gasteiger partial charge in [0.05, 0.1) is 13.0 Å². The van der Waals surface area contributed by atoms with Crippen molar-refractivity contribution in [1.29, 1.82) is 0 Å². The van der Waals surface area contributed by atoms with Gasteiger partial charge in [0.1, 0.15) is 0 Å². The lowest BCUT2D eigenvalue weighted by Gasteiger charge is -2.30. The van der Waals surface area contributed by atoms with E-state index in [9.17, 15) is 9.59 Å². The average molecular weight is 552 g/mol. The first-order valence-corrected chi connectivity index (χ1v) is 13.1. The van der Waals surface area contributed by atoms with Gasteiger partial charge in [-0.25, -0.2) is 0 Å². The van der Waals surface area contributed by atoms with Crippen molar-refractivity contribution < 1.29 is 15.1 Å². The molecule has 1 fully saturated rings. The van der Waals surface area contributed by atoms with Crippen LogP contribution >= 0.6 is 23.2 Å². The summed E-state index contributed by atoms with van der Waals surface area (Å²) in [6.45, 7) is 2.35. The SMILES string of the molecule is NC(N=[NH2+])=NC(=O)c1ccc(CN(C(=O)Cc2c(Cl)cccc2Cl)c2ccc(N3CCCCC3)cc2)cc1. The Morgan fingerprint density at radius 3 is 2.16 bits per heavy atom. The predicted octanol–water partition coefficient (Wildman–Crippen LogP) is 4.43. The summed E-state index contributed by atoms with van der Waals surface area (Å²) in [5.74, 6) is -1.02. The van der Waals surface area contributed by atoms with Crippen LogP contribution in [0.2, 0.25) is 10.0 Å². The number of carbonyl (C=O) groups excluding carboxylic acids is 2. The number of nitrogens with two attached hydrogens (primary N) is 2. The molecule has 4 rings (SSSR count). The zero-order valence-electron chi connectivity index (χ0n) is 20.8. The molecule has 0 spiro atoms. The highest BCUT2D eigenvalue weighted by atomic mass is 35.5. The number of piperidine rings is 1. The summed E-state index contributed by atoms with van der Waals surface area (Å²) in [4.78, 5) is 33.5. The summed E-state index contributed by atoms with van der Waals surface area (Å²) in [6.07, 6.45) is 3.66. The van der Waals surface area contributed by atoms with Crippen LogP contribution in [0.5, 0.6) is 0 Å². The molecule has 1 aliphatic rings.